The van der Waals surface area contributed by atoms with E-state index in [1.165, 1.54) is 30.9 Å². The van der Waals surface area contributed by atoms with Crippen LogP contribution in [-0.2, 0) is 6.54 Å². The number of nitrogens with one attached hydrogen (secondary N) is 2. The highest BCUT2D eigenvalue weighted by atomic mass is 35.5. The number of carbonyl (C=O) groups excluding carboxylic acids is 1. The normalized spacial score (nSPS) is 15.3. The highest BCUT2D eigenvalue weighted by Crippen LogP contribution is 2.31. The smallest absolute Gasteiger partial charge is 0.422 e. The van der Waals surface area contributed by atoms with Crippen molar-refractivity contribution in [3.8, 4) is 11.5 Å². The Morgan fingerprint density at radius 1 is 1.12 bits per heavy atom. The number of methoxy groups -OCH3 is 1. The summed E-state index contributed by atoms with van der Waals surface area (Å²) in [6, 6.07) is 11.6. The summed E-state index contributed by atoms with van der Waals surface area (Å²) in [6.07, 6.45) is -2.89. The molecule has 0 bridgehead atoms. The minimum absolute atomic E-state index is 0.00988. The summed E-state index contributed by atoms with van der Waals surface area (Å²) in [6.45, 7) is 1.05. The molecule has 1 fully saturated rings. The predicted octanol–water partition coefficient (Wildman–Crippen LogP) is 5.08. The van der Waals surface area contributed by atoms with Gasteiger partial charge in [-0.1, -0.05) is 23.7 Å². The van der Waals surface area contributed by atoms with Crippen LogP contribution in [0.2, 0.25) is 5.02 Å². The van der Waals surface area contributed by atoms with Gasteiger partial charge in [-0.3, -0.25) is 4.90 Å². The van der Waals surface area contributed by atoms with Gasteiger partial charge in [-0.05, 0) is 42.7 Å². The first kappa shape index (κ1) is 24.0. The first-order valence-corrected chi connectivity index (χ1v) is 10.5. The number of rotatable bonds is 7. The van der Waals surface area contributed by atoms with Crippen LogP contribution in [0.1, 0.15) is 18.4 Å². The average Bonchev–Trinajstić information content (AvgIpc) is 2.75. The molecule has 1 aliphatic rings. The van der Waals surface area contributed by atoms with Crippen molar-refractivity contribution >= 4 is 23.3 Å². The number of hydrogen-bond acceptors (Lipinski definition) is 4. The molecule has 0 saturated carbocycles. The molecule has 174 valence electrons. The zero-order chi connectivity index (χ0) is 23.1. The molecule has 3 rings (SSSR count). The van der Waals surface area contributed by atoms with Gasteiger partial charge in [-0.25, -0.2) is 4.79 Å². The van der Waals surface area contributed by atoms with Crippen LogP contribution in [0.25, 0.3) is 0 Å². The monoisotopic (exact) mass is 471 g/mol. The highest BCUT2D eigenvalue weighted by molar-refractivity contribution is 6.30. The Labute approximate surface area is 189 Å². The van der Waals surface area contributed by atoms with Gasteiger partial charge in [-0.2, -0.15) is 13.2 Å². The van der Waals surface area contributed by atoms with Gasteiger partial charge in [0.05, 0.1) is 7.11 Å². The molecule has 0 radical (unpaired) electrons. The van der Waals surface area contributed by atoms with E-state index in [2.05, 4.69) is 15.5 Å². The Morgan fingerprint density at radius 2 is 1.81 bits per heavy atom. The molecule has 2 aromatic carbocycles. The number of piperidine rings is 1. The van der Waals surface area contributed by atoms with Crippen molar-refractivity contribution in [3.05, 3.63) is 53.1 Å². The second-order valence-electron chi connectivity index (χ2n) is 7.54. The summed E-state index contributed by atoms with van der Waals surface area (Å²) in [7, 11) is 1.33. The first-order chi connectivity index (χ1) is 15.2. The first-order valence-electron chi connectivity index (χ1n) is 10.1. The van der Waals surface area contributed by atoms with Crippen LogP contribution in [-0.4, -0.2) is 50.0 Å². The lowest BCUT2D eigenvalue weighted by Crippen LogP contribution is -2.45. The summed E-state index contributed by atoms with van der Waals surface area (Å²) in [5.74, 6) is 0.0476. The second-order valence-corrected chi connectivity index (χ2v) is 7.98. The zero-order valence-corrected chi connectivity index (χ0v) is 18.3. The number of urea groups is 1. The number of amides is 2. The Balaban J connectivity index is 1.48. The lowest BCUT2D eigenvalue weighted by molar-refractivity contribution is -0.153. The van der Waals surface area contributed by atoms with Gasteiger partial charge in [0, 0.05) is 42.5 Å². The van der Waals surface area contributed by atoms with E-state index in [0.29, 0.717) is 10.7 Å². The summed E-state index contributed by atoms with van der Waals surface area (Å²) >= 11 is 5.92. The molecule has 0 spiro atoms. The number of ether oxygens (including phenoxy) is 2. The quantitative estimate of drug-likeness (QED) is 0.591. The van der Waals surface area contributed by atoms with Crippen molar-refractivity contribution in [1.29, 1.82) is 0 Å². The Kier molecular flexibility index (Phi) is 8.09. The molecular formula is C22H25ClF3N3O3. The molecule has 2 N–H and O–H groups in total. The number of carbonyl (C=O) groups is 1. The standard InChI is InChI=1S/C22H25ClF3N3O3/c1-31-19-7-6-18(12-20(19)32-14-22(24,25)26)28-21(30)27-17-8-10-29(11-9-17)13-15-2-4-16(23)5-3-15/h2-7,12,17H,8-11,13-14H2,1H3,(H2,27,28,30). The Hall–Kier alpha value is -2.65. The molecule has 32 heavy (non-hydrogen) atoms. The number of benzene rings is 2. The number of nitrogens with zero attached hydrogens (tertiary/aromatic N) is 1. The van der Waals surface area contributed by atoms with E-state index >= 15 is 0 Å². The molecule has 1 aliphatic heterocycles. The fraction of sp³-hybridized carbons (Fsp3) is 0.409. The van der Waals surface area contributed by atoms with Gasteiger partial charge in [-0.15, -0.1) is 0 Å². The third kappa shape index (κ3) is 7.49. The largest absolute Gasteiger partial charge is 0.493 e. The predicted molar refractivity (Wildman–Crippen MR) is 116 cm³/mol. The SMILES string of the molecule is COc1ccc(NC(=O)NC2CCN(Cc3ccc(Cl)cc3)CC2)cc1OCC(F)(F)F. The van der Waals surface area contributed by atoms with Crippen molar-refractivity contribution < 1.29 is 27.4 Å². The summed E-state index contributed by atoms with van der Waals surface area (Å²) in [4.78, 5) is 14.7. The van der Waals surface area contributed by atoms with Gasteiger partial charge in [0.2, 0.25) is 0 Å². The van der Waals surface area contributed by atoms with Crippen molar-refractivity contribution in [2.24, 2.45) is 0 Å². The van der Waals surface area contributed by atoms with Crippen LogP contribution in [0.5, 0.6) is 11.5 Å². The molecule has 2 amide bonds. The van der Waals surface area contributed by atoms with E-state index in [9.17, 15) is 18.0 Å². The molecule has 0 atom stereocenters. The zero-order valence-electron chi connectivity index (χ0n) is 17.5. The minimum atomic E-state index is -4.48. The van der Waals surface area contributed by atoms with Gasteiger partial charge < -0.3 is 20.1 Å². The van der Waals surface area contributed by atoms with Gasteiger partial charge in [0.1, 0.15) is 0 Å². The van der Waals surface area contributed by atoms with E-state index in [1.54, 1.807) is 0 Å². The molecule has 0 aliphatic carbocycles. The van der Waals surface area contributed by atoms with Crippen LogP contribution in [0, 0.1) is 0 Å². The average molecular weight is 472 g/mol. The molecule has 0 unspecified atom stereocenters. The fourth-order valence-electron chi connectivity index (χ4n) is 3.46. The molecule has 2 aromatic rings. The maximum Gasteiger partial charge on any atom is 0.422 e. The lowest BCUT2D eigenvalue weighted by Gasteiger charge is -2.32. The van der Waals surface area contributed by atoms with E-state index < -0.39 is 18.8 Å². The van der Waals surface area contributed by atoms with Crippen molar-refractivity contribution in [2.75, 3.05) is 32.1 Å². The second kappa shape index (κ2) is 10.8. The van der Waals surface area contributed by atoms with Crippen LogP contribution in [0.4, 0.5) is 23.7 Å². The minimum Gasteiger partial charge on any atom is -0.493 e. The Morgan fingerprint density at radius 3 is 2.44 bits per heavy atom. The fourth-order valence-corrected chi connectivity index (χ4v) is 3.59. The van der Waals surface area contributed by atoms with Crippen molar-refractivity contribution in [3.63, 3.8) is 0 Å². The molecule has 1 saturated heterocycles. The third-order valence-corrected chi connectivity index (χ3v) is 5.31. The number of likely N-dealkylation sites (tertiary alicyclic amines) is 1. The van der Waals surface area contributed by atoms with E-state index in [0.717, 1.165) is 32.5 Å². The molecule has 0 aromatic heterocycles. The highest BCUT2D eigenvalue weighted by Gasteiger charge is 2.29. The number of hydrogen-bond donors (Lipinski definition) is 2. The number of alkyl halides is 3. The summed E-state index contributed by atoms with van der Waals surface area (Å²) < 4.78 is 47.2. The third-order valence-electron chi connectivity index (χ3n) is 5.06. The lowest BCUT2D eigenvalue weighted by atomic mass is 10.0. The Bertz CT molecular complexity index is 902. The maximum absolute atomic E-state index is 12.5. The van der Waals surface area contributed by atoms with Crippen LogP contribution in [0.15, 0.2) is 42.5 Å². The summed E-state index contributed by atoms with van der Waals surface area (Å²) in [5.41, 5.74) is 1.49. The number of halogens is 4. The van der Waals surface area contributed by atoms with Gasteiger partial charge in [0.25, 0.3) is 0 Å². The van der Waals surface area contributed by atoms with Gasteiger partial charge >= 0.3 is 12.2 Å². The van der Waals surface area contributed by atoms with E-state index in [4.69, 9.17) is 21.1 Å². The van der Waals surface area contributed by atoms with E-state index in [1.807, 2.05) is 24.3 Å². The van der Waals surface area contributed by atoms with Crippen molar-refractivity contribution in [2.45, 2.75) is 31.6 Å². The molecular weight excluding hydrogens is 447 g/mol. The van der Waals surface area contributed by atoms with Gasteiger partial charge in [0.15, 0.2) is 18.1 Å². The van der Waals surface area contributed by atoms with Crippen molar-refractivity contribution in [1.82, 2.24) is 10.2 Å². The summed E-state index contributed by atoms with van der Waals surface area (Å²) in [5, 5.41) is 6.27. The molecule has 1 heterocycles. The van der Waals surface area contributed by atoms with Crippen LogP contribution in [0.3, 0.4) is 0 Å². The van der Waals surface area contributed by atoms with Crippen LogP contribution < -0.4 is 20.1 Å². The topological polar surface area (TPSA) is 62.8 Å². The molecule has 10 heteroatoms. The van der Waals surface area contributed by atoms with E-state index in [-0.39, 0.29) is 17.5 Å². The van der Waals surface area contributed by atoms with Crippen LogP contribution >= 0.6 is 11.6 Å². The maximum atomic E-state index is 12.5. The molecule has 6 nitrogen and oxygen atoms in total. The number of anilines is 1.